The average molecular weight is 278 g/mol. The Labute approximate surface area is 118 Å². The normalized spacial score (nSPS) is 12.6. The fourth-order valence-electron chi connectivity index (χ4n) is 2.08. The predicted octanol–water partition coefficient (Wildman–Crippen LogP) is 1.61. The maximum atomic E-state index is 9.04. The van der Waals surface area contributed by atoms with Crippen LogP contribution in [0.3, 0.4) is 0 Å². The van der Waals surface area contributed by atoms with E-state index in [2.05, 4.69) is 37.7 Å². The van der Waals surface area contributed by atoms with Gasteiger partial charge in [0.25, 0.3) is 0 Å². The monoisotopic (exact) mass is 278 g/mol. The van der Waals surface area contributed by atoms with Crippen molar-refractivity contribution in [2.24, 2.45) is 5.92 Å². The molecule has 7 nitrogen and oxygen atoms in total. The lowest BCUT2D eigenvalue weighted by atomic mass is 10.0. The molecule has 1 unspecified atom stereocenters. The van der Waals surface area contributed by atoms with Gasteiger partial charge in [0, 0.05) is 19.7 Å². The predicted molar refractivity (Wildman–Crippen MR) is 79.8 cm³/mol. The quantitative estimate of drug-likeness (QED) is 0.585. The molecule has 4 N–H and O–H groups in total. The van der Waals surface area contributed by atoms with Crippen LogP contribution in [0.4, 0.5) is 11.8 Å². The van der Waals surface area contributed by atoms with Crippen molar-refractivity contribution >= 4 is 22.8 Å². The van der Waals surface area contributed by atoms with Crippen LogP contribution in [0.5, 0.6) is 0 Å². The molecule has 7 heteroatoms. The first kappa shape index (κ1) is 14.5. The zero-order valence-corrected chi connectivity index (χ0v) is 12.0. The molecular formula is C13H22N6O. The van der Waals surface area contributed by atoms with Crippen LogP contribution < -0.4 is 10.6 Å². The zero-order chi connectivity index (χ0) is 14.4. The Balaban J connectivity index is 2.16. The summed E-state index contributed by atoms with van der Waals surface area (Å²) in [7, 11) is 0. The van der Waals surface area contributed by atoms with Gasteiger partial charge in [-0.2, -0.15) is 15.1 Å². The SMILES string of the molecule is CCNc1nc(NCC(CC)CCO)c2cn[nH]c2n1. The molecule has 0 spiro atoms. The number of rotatable bonds is 8. The number of aliphatic hydroxyl groups is 1. The maximum Gasteiger partial charge on any atom is 0.226 e. The van der Waals surface area contributed by atoms with Gasteiger partial charge in [-0.1, -0.05) is 13.3 Å². The first-order valence-electron chi connectivity index (χ1n) is 7.08. The number of H-pyrrole nitrogens is 1. The number of hydrogen-bond acceptors (Lipinski definition) is 6. The van der Waals surface area contributed by atoms with E-state index in [1.807, 2.05) is 6.92 Å². The lowest BCUT2D eigenvalue weighted by Gasteiger charge is -2.15. The van der Waals surface area contributed by atoms with Crippen LogP contribution in [0.15, 0.2) is 6.20 Å². The van der Waals surface area contributed by atoms with Crippen LogP contribution in [0, 0.1) is 5.92 Å². The molecule has 0 bridgehead atoms. The molecule has 0 aromatic carbocycles. The highest BCUT2D eigenvalue weighted by molar-refractivity contribution is 5.86. The van der Waals surface area contributed by atoms with Gasteiger partial charge in [0.1, 0.15) is 5.82 Å². The Morgan fingerprint density at radius 3 is 2.85 bits per heavy atom. The molecule has 0 amide bonds. The number of nitrogens with one attached hydrogen (secondary N) is 3. The van der Waals surface area contributed by atoms with Gasteiger partial charge in [-0.3, -0.25) is 5.10 Å². The molecular weight excluding hydrogens is 256 g/mol. The molecule has 0 aliphatic heterocycles. The Morgan fingerprint density at radius 2 is 2.15 bits per heavy atom. The highest BCUT2D eigenvalue weighted by Gasteiger charge is 2.11. The second-order valence-electron chi connectivity index (χ2n) is 4.73. The lowest BCUT2D eigenvalue weighted by molar-refractivity contribution is 0.258. The highest BCUT2D eigenvalue weighted by Crippen LogP contribution is 2.20. The fourth-order valence-corrected chi connectivity index (χ4v) is 2.08. The van der Waals surface area contributed by atoms with E-state index in [0.717, 1.165) is 37.1 Å². The Hall–Kier alpha value is -1.89. The number of fused-ring (bicyclic) bond motifs is 1. The summed E-state index contributed by atoms with van der Waals surface area (Å²) in [4.78, 5) is 8.82. The van der Waals surface area contributed by atoms with Crippen LogP contribution in [0.25, 0.3) is 11.0 Å². The van der Waals surface area contributed by atoms with Gasteiger partial charge in [0.2, 0.25) is 5.95 Å². The summed E-state index contributed by atoms with van der Waals surface area (Å²) in [5.41, 5.74) is 0.716. The average Bonchev–Trinajstić information content (AvgIpc) is 2.92. The summed E-state index contributed by atoms with van der Waals surface area (Å²) in [6, 6.07) is 0. The second kappa shape index (κ2) is 7.04. The molecule has 0 aliphatic carbocycles. The Morgan fingerprint density at radius 1 is 1.30 bits per heavy atom. The van der Waals surface area contributed by atoms with E-state index < -0.39 is 0 Å². The van der Waals surface area contributed by atoms with Crippen molar-refractivity contribution in [3.63, 3.8) is 0 Å². The minimum atomic E-state index is 0.216. The molecule has 0 fully saturated rings. The van der Waals surface area contributed by atoms with Crippen LogP contribution >= 0.6 is 0 Å². The first-order chi connectivity index (χ1) is 9.78. The van der Waals surface area contributed by atoms with Crippen molar-refractivity contribution in [1.29, 1.82) is 0 Å². The van der Waals surface area contributed by atoms with Crippen molar-refractivity contribution in [3.05, 3.63) is 6.20 Å². The van der Waals surface area contributed by atoms with Crippen molar-refractivity contribution in [1.82, 2.24) is 20.2 Å². The summed E-state index contributed by atoms with van der Waals surface area (Å²) in [5.74, 6) is 1.79. The molecule has 0 radical (unpaired) electrons. The second-order valence-corrected chi connectivity index (χ2v) is 4.73. The maximum absolute atomic E-state index is 9.04. The van der Waals surface area contributed by atoms with Gasteiger partial charge < -0.3 is 15.7 Å². The topological polar surface area (TPSA) is 98.8 Å². The van der Waals surface area contributed by atoms with Gasteiger partial charge >= 0.3 is 0 Å². The minimum absolute atomic E-state index is 0.216. The number of aromatic amines is 1. The summed E-state index contributed by atoms with van der Waals surface area (Å²) >= 11 is 0. The molecule has 0 saturated heterocycles. The smallest absolute Gasteiger partial charge is 0.226 e. The molecule has 20 heavy (non-hydrogen) atoms. The van der Waals surface area contributed by atoms with Crippen LogP contribution in [0.2, 0.25) is 0 Å². The summed E-state index contributed by atoms with van der Waals surface area (Å²) in [5, 5.41) is 23.2. The van der Waals surface area contributed by atoms with Crippen LogP contribution in [-0.2, 0) is 0 Å². The largest absolute Gasteiger partial charge is 0.396 e. The highest BCUT2D eigenvalue weighted by atomic mass is 16.3. The van der Waals surface area contributed by atoms with Gasteiger partial charge in [0.05, 0.1) is 11.6 Å². The van der Waals surface area contributed by atoms with Crippen molar-refractivity contribution in [2.45, 2.75) is 26.7 Å². The van der Waals surface area contributed by atoms with E-state index in [0.29, 0.717) is 17.5 Å². The molecule has 0 saturated carbocycles. The third-order valence-corrected chi connectivity index (χ3v) is 3.32. The lowest BCUT2D eigenvalue weighted by Crippen LogP contribution is -2.16. The van der Waals surface area contributed by atoms with E-state index in [1.165, 1.54) is 0 Å². The third-order valence-electron chi connectivity index (χ3n) is 3.32. The van der Waals surface area contributed by atoms with E-state index in [-0.39, 0.29) is 6.61 Å². The molecule has 2 rings (SSSR count). The third kappa shape index (κ3) is 3.36. The van der Waals surface area contributed by atoms with Gasteiger partial charge in [0.15, 0.2) is 5.65 Å². The Bertz CT molecular complexity index is 541. The molecule has 2 aromatic rings. The molecule has 0 aliphatic rings. The van der Waals surface area contributed by atoms with E-state index in [9.17, 15) is 0 Å². The van der Waals surface area contributed by atoms with Crippen LogP contribution in [0.1, 0.15) is 26.7 Å². The zero-order valence-electron chi connectivity index (χ0n) is 12.0. The van der Waals surface area contributed by atoms with Crippen molar-refractivity contribution in [3.8, 4) is 0 Å². The summed E-state index contributed by atoms with van der Waals surface area (Å²) in [6.45, 7) is 5.89. The molecule has 2 heterocycles. The Kier molecular flexibility index (Phi) is 5.11. The van der Waals surface area contributed by atoms with E-state index in [4.69, 9.17) is 5.11 Å². The number of aliphatic hydroxyl groups excluding tert-OH is 1. The number of anilines is 2. The summed E-state index contributed by atoms with van der Waals surface area (Å²) in [6.07, 6.45) is 3.54. The standard InChI is InChI=1S/C13H22N6O/c1-3-9(5-6-20)7-15-11-10-8-16-19-12(10)18-13(17-11)14-4-2/h8-9,20H,3-7H2,1-2H3,(H3,14,15,16,17,18,19). The number of hydrogen-bond donors (Lipinski definition) is 4. The van der Waals surface area contributed by atoms with Crippen LogP contribution in [-0.4, -0.2) is 45.0 Å². The van der Waals surface area contributed by atoms with Gasteiger partial charge in [-0.25, -0.2) is 0 Å². The molecule has 1 atom stereocenters. The van der Waals surface area contributed by atoms with Crippen molar-refractivity contribution < 1.29 is 5.11 Å². The molecule has 110 valence electrons. The van der Waals surface area contributed by atoms with E-state index >= 15 is 0 Å². The number of aromatic nitrogens is 4. The van der Waals surface area contributed by atoms with E-state index in [1.54, 1.807) is 6.20 Å². The van der Waals surface area contributed by atoms with Crippen molar-refractivity contribution in [2.75, 3.05) is 30.3 Å². The number of nitrogens with zero attached hydrogens (tertiary/aromatic N) is 3. The van der Waals surface area contributed by atoms with Gasteiger partial charge in [-0.05, 0) is 19.3 Å². The first-order valence-corrected chi connectivity index (χ1v) is 7.08. The fraction of sp³-hybridized carbons (Fsp3) is 0.615. The minimum Gasteiger partial charge on any atom is -0.396 e. The summed E-state index contributed by atoms with van der Waals surface area (Å²) < 4.78 is 0. The van der Waals surface area contributed by atoms with Gasteiger partial charge in [-0.15, -0.1) is 0 Å². The molecule has 2 aromatic heterocycles.